The van der Waals surface area contributed by atoms with Crippen LogP contribution in [0.3, 0.4) is 0 Å². The van der Waals surface area contributed by atoms with E-state index in [9.17, 15) is 27.6 Å². The van der Waals surface area contributed by atoms with Gasteiger partial charge >= 0.3 is 12.2 Å². The third-order valence-electron chi connectivity index (χ3n) is 6.32. The van der Waals surface area contributed by atoms with Crippen molar-refractivity contribution < 1.29 is 27.6 Å². The van der Waals surface area contributed by atoms with Crippen LogP contribution in [0.2, 0.25) is 0 Å². The molecule has 2 atom stereocenters. The van der Waals surface area contributed by atoms with E-state index >= 15 is 0 Å². The summed E-state index contributed by atoms with van der Waals surface area (Å²) < 4.78 is 39.6. The lowest BCUT2D eigenvalue weighted by Gasteiger charge is -2.36. The van der Waals surface area contributed by atoms with Crippen molar-refractivity contribution in [2.45, 2.75) is 75.5 Å². The predicted molar refractivity (Wildman–Crippen MR) is 90.6 cm³/mol. The Hall–Kier alpha value is -1.80. The molecular formula is C18H26F3N3O3. The lowest BCUT2D eigenvalue weighted by Crippen LogP contribution is -2.51. The first kappa shape index (κ1) is 19.9. The molecule has 1 N–H and O–H groups in total. The van der Waals surface area contributed by atoms with Crippen molar-refractivity contribution in [3.8, 4) is 0 Å². The van der Waals surface area contributed by atoms with Crippen LogP contribution in [-0.2, 0) is 9.59 Å². The minimum absolute atomic E-state index is 0.0120. The molecule has 2 unspecified atom stereocenters. The molecule has 2 saturated carbocycles. The van der Waals surface area contributed by atoms with Crippen molar-refractivity contribution >= 4 is 17.8 Å². The number of hydrogen-bond acceptors (Lipinski definition) is 3. The summed E-state index contributed by atoms with van der Waals surface area (Å²) >= 11 is 0. The highest BCUT2D eigenvalue weighted by Crippen LogP contribution is 2.40. The molecule has 152 valence electrons. The van der Waals surface area contributed by atoms with Crippen molar-refractivity contribution in [3.05, 3.63) is 0 Å². The summed E-state index contributed by atoms with van der Waals surface area (Å²) in [4.78, 5) is 40.0. The van der Waals surface area contributed by atoms with E-state index in [2.05, 4.69) is 5.32 Å². The molecule has 4 amide bonds. The van der Waals surface area contributed by atoms with E-state index < -0.39 is 48.1 Å². The lowest BCUT2D eigenvalue weighted by atomic mass is 9.81. The Kier molecular flexibility index (Phi) is 5.40. The molecule has 6 nitrogen and oxygen atoms in total. The zero-order valence-corrected chi connectivity index (χ0v) is 15.5. The van der Waals surface area contributed by atoms with E-state index in [4.69, 9.17) is 0 Å². The topological polar surface area (TPSA) is 69.7 Å². The first-order valence-electron chi connectivity index (χ1n) is 9.63. The van der Waals surface area contributed by atoms with Gasteiger partial charge in [-0.05, 0) is 25.7 Å². The molecule has 1 spiro atoms. The molecule has 3 rings (SSSR count). The molecule has 1 aliphatic heterocycles. The van der Waals surface area contributed by atoms with E-state index in [1.807, 2.05) is 0 Å². The molecule has 0 aromatic rings. The van der Waals surface area contributed by atoms with E-state index in [1.165, 1.54) is 4.90 Å². The maximum absolute atomic E-state index is 13.2. The quantitative estimate of drug-likeness (QED) is 0.755. The highest BCUT2D eigenvalue weighted by molar-refractivity contribution is 6.08. The Morgan fingerprint density at radius 3 is 2.37 bits per heavy atom. The zero-order chi connectivity index (χ0) is 19.8. The lowest BCUT2D eigenvalue weighted by molar-refractivity contribution is -0.189. The second kappa shape index (κ2) is 7.31. The summed E-state index contributed by atoms with van der Waals surface area (Å²) in [7, 11) is 1.56. The van der Waals surface area contributed by atoms with Crippen LogP contribution in [-0.4, -0.2) is 59.0 Å². The Balaban J connectivity index is 1.67. The maximum atomic E-state index is 13.2. The highest BCUT2D eigenvalue weighted by atomic mass is 19.4. The van der Waals surface area contributed by atoms with Gasteiger partial charge in [-0.15, -0.1) is 0 Å². The van der Waals surface area contributed by atoms with Gasteiger partial charge in [0.25, 0.3) is 5.91 Å². The van der Waals surface area contributed by atoms with Gasteiger partial charge in [-0.3, -0.25) is 14.5 Å². The van der Waals surface area contributed by atoms with Gasteiger partial charge < -0.3 is 10.2 Å². The minimum atomic E-state index is -4.37. The number of nitrogens with zero attached hydrogens (tertiary/aromatic N) is 2. The zero-order valence-electron chi connectivity index (χ0n) is 15.5. The second-order valence-corrected chi connectivity index (χ2v) is 7.93. The number of carbonyl (C=O) groups excluding carboxylic acids is 3. The van der Waals surface area contributed by atoms with Crippen LogP contribution in [0.5, 0.6) is 0 Å². The van der Waals surface area contributed by atoms with Crippen LogP contribution < -0.4 is 5.32 Å². The van der Waals surface area contributed by atoms with E-state index in [0.717, 1.165) is 24.2 Å². The fraction of sp³-hybridized carbons (Fsp3) is 0.833. The molecule has 27 heavy (non-hydrogen) atoms. The summed E-state index contributed by atoms with van der Waals surface area (Å²) in [6, 6.07) is -1.55. The normalized spacial score (nSPS) is 28.7. The number of likely N-dealkylation sites (N-methyl/N-ethyl adjacent to an activating group) is 1. The van der Waals surface area contributed by atoms with Gasteiger partial charge in [-0.2, -0.15) is 13.2 Å². The van der Waals surface area contributed by atoms with Gasteiger partial charge in [0.2, 0.25) is 5.91 Å². The average Bonchev–Trinajstić information content (AvgIpc) is 2.78. The molecule has 3 fully saturated rings. The number of carbonyl (C=O) groups is 3. The minimum Gasteiger partial charge on any atom is -0.351 e. The van der Waals surface area contributed by atoms with Gasteiger partial charge in [0.15, 0.2) is 0 Å². The third kappa shape index (κ3) is 3.65. The van der Waals surface area contributed by atoms with Gasteiger partial charge in [-0.1, -0.05) is 32.1 Å². The van der Waals surface area contributed by atoms with E-state index in [1.54, 1.807) is 7.05 Å². The number of hydrogen-bond donors (Lipinski definition) is 1. The van der Waals surface area contributed by atoms with Crippen LogP contribution in [0.1, 0.15) is 57.8 Å². The molecule has 2 aliphatic carbocycles. The van der Waals surface area contributed by atoms with Crippen molar-refractivity contribution in [2.75, 3.05) is 13.6 Å². The number of urea groups is 1. The summed E-state index contributed by atoms with van der Waals surface area (Å²) in [5.74, 6) is -2.69. The van der Waals surface area contributed by atoms with Gasteiger partial charge in [0, 0.05) is 13.1 Å². The van der Waals surface area contributed by atoms with Crippen molar-refractivity contribution in [3.63, 3.8) is 0 Å². The van der Waals surface area contributed by atoms with Gasteiger partial charge in [-0.25, -0.2) is 4.79 Å². The standard InChI is InChI=1S/C18H26F3N3O3/c1-23-16(27)24(15(26)17(23)9-5-2-6-10-17)11-14(25)22-13-8-4-3-7-12(13)18(19,20)21/h12-13H,2-11H2,1H3,(H,22,25). The van der Waals surface area contributed by atoms with Gasteiger partial charge in [0.05, 0.1) is 5.92 Å². The molecular weight excluding hydrogens is 363 g/mol. The number of amides is 4. The monoisotopic (exact) mass is 389 g/mol. The largest absolute Gasteiger partial charge is 0.393 e. The first-order chi connectivity index (χ1) is 12.7. The Morgan fingerprint density at radius 1 is 1.11 bits per heavy atom. The Labute approximate surface area is 156 Å². The average molecular weight is 389 g/mol. The van der Waals surface area contributed by atoms with Crippen molar-refractivity contribution in [1.29, 1.82) is 0 Å². The smallest absolute Gasteiger partial charge is 0.351 e. The number of halogens is 3. The van der Waals surface area contributed by atoms with Crippen molar-refractivity contribution in [1.82, 2.24) is 15.1 Å². The summed E-state index contributed by atoms with van der Waals surface area (Å²) in [6.45, 7) is -0.523. The summed E-state index contributed by atoms with van der Waals surface area (Å²) in [5, 5.41) is 2.43. The van der Waals surface area contributed by atoms with E-state index in [-0.39, 0.29) is 12.8 Å². The molecule has 9 heteroatoms. The number of rotatable bonds is 3. The van der Waals surface area contributed by atoms with E-state index in [0.29, 0.717) is 25.7 Å². The Bertz CT molecular complexity index is 617. The van der Waals surface area contributed by atoms with Crippen LogP contribution in [0.25, 0.3) is 0 Å². The predicted octanol–water partition coefficient (Wildman–Crippen LogP) is 2.82. The first-order valence-corrected chi connectivity index (χ1v) is 9.63. The molecule has 0 radical (unpaired) electrons. The Morgan fingerprint density at radius 2 is 1.74 bits per heavy atom. The fourth-order valence-electron chi connectivity index (χ4n) is 4.76. The summed E-state index contributed by atoms with van der Waals surface area (Å²) in [6.07, 6.45) is 0.747. The van der Waals surface area contributed by atoms with Crippen molar-refractivity contribution in [2.24, 2.45) is 5.92 Å². The SMILES string of the molecule is CN1C(=O)N(CC(=O)NC2CCCCC2C(F)(F)F)C(=O)C12CCCCC2. The number of imide groups is 1. The molecule has 0 bridgehead atoms. The second-order valence-electron chi connectivity index (χ2n) is 7.93. The molecule has 1 heterocycles. The molecule has 0 aromatic heterocycles. The van der Waals surface area contributed by atoms with Crippen LogP contribution in [0, 0.1) is 5.92 Å². The van der Waals surface area contributed by atoms with Crippen LogP contribution in [0.15, 0.2) is 0 Å². The van der Waals surface area contributed by atoms with Crippen LogP contribution in [0.4, 0.5) is 18.0 Å². The number of alkyl halides is 3. The number of nitrogens with one attached hydrogen (secondary N) is 1. The maximum Gasteiger partial charge on any atom is 0.393 e. The third-order valence-corrected chi connectivity index (χ3v) is 6.32. The molecule has 0 aromatic carbocycles. The fourth-order valence-corrected chi connectivity index (χ4v) is 4.76. The van der Waals surface area contributed by atoms with Gasteiger partial charge in [0.1, 0.15) is 12.1 Å². The highest BCUT2D eigenvalue weighted by Gasteiger charge is 2.56. The summed E-state index contributed by atoms with van der Waals surface area (Å²) in [5.41, 5.74) is -0.894. The molecule has 1 saturated heterocycles. The van der Waals surface area contributed by atoms with Crippen LogP contribution >= 0.6 is 0 Å². The molecule has 3 aliphatic rings.